The molecular weight excluding hydrogens is 318 g/mol. The van der Waals surface area contributed by atoms with E-state index in [1.54, 1.807) is 36.1 Å². The number of hydrogen-bond donors (Lipinski definition) is 1. The number of para-hydroxylation sites is 1. The summed E-state index contributed by atoms with van der Waals surface area (Å²) in [4.78, 5) is 14.3. The molecule has 6 heteroatoms. The van der Waals surface area contributed by atoms with E-state index in [-0.39, 0.29) is 18.1 Å². The standard InChI is InChI=1S/C19H25N3O3/c1-21-13-14(12-20-21)19(24)22(2)16-10-6-7-11-17(18(16)23)25-15-8-4-3-5-9-15/h3-5,8-9,12-13,16-18,23H,6-7,10-11H2,1-2H3/t16-,17-,18-/m1/s1. The first kappa shape index (κ1) is 17.5. The Morgan fingerprint density at radius 1 is 1.28 bits per heavy atom. The third-order valence-electron chi connectivity index (χ3n) is 4.81. The fourth-order valence-corrected chi connectivity index (χ4v) is 3.40. The molecule has 1 aromatic heterocycles. The fraction of sp³-hybridized carbons (Fsp3) is 0.474. The van der Waals surface area contributed by atoms with Crippen molar-refractivity contribution in [3.05, 3.63) is 48.3 Å². The van der Waals surface area contributed by atoms with Crippen LogP contribution in [0.25, 0.3) is 0 Å². The first-order chi connectivity index (χ1) is 12.1. The number of aromatic nitrogens is 2. The van der Waals surface area contributed by atoms with Gasteiger partial charge in [0, 0.05) is 20.3 Å². The minimum atomic E-state index is -0.728. The Hall–Kier alpha value is -2.34. The van der Waals surface area contributed by atoms with Crippen LogP contribution in [0.2, 0.25) is 0 Å². The number of likely N-dealkylation sites (N-methyl/N-ethyl adjacent to an activating group) is 1. The van der Waals surface area contributed by atoms with Crippen LogP contribution in [-0.2, 0) is 7.05 Å². The maximum atomic E-state index is 12.7. The summed E-state index contributed by atoms with van der Waals surface area (Å²) in [5, 5.41) is 15.0. The second kappa shape index (κ2) is 7.70. The molecule has 1 N–H and O–H groups in total. The number of hydrogen-bond acceptors (Lipinski definition) is 4. The van der Waals surface area contributed by atoms with Crippen molar-refractivity contribution in [1.29, 1.82) is 0 Å². The number of benzene rings is 1. The maximum absolute atomic E-state index is 12.7. The summed E-state index contributed by atoms with van der Waals surface area (Å²) >= 11 is 0. The zero-order valence-electron chi connectivity index (χ0n) is 14.7. The molecule has 1 aliphatic carbocycles. The smallest absolute Gasteiger partial charge is 0.257 e. The molecule has 1 saturated carbocycles. The molecule has 0 unspecified atom stereocenters. The lowest BCUT2D eigenvalue weighted by Crippen LogP contribution is -2.49. The summed E-state index contributed by atoms with van der Waals surface area (Å²) in [6, 6.07) is 9.25. The van der Waals surface area contributed by atoms with Gasteiger partial charge in [-0.2, -0.15) is 5.10 Å². The number of rotatable bonds is 4. The lowest BCUT2D eigenvalue weighted by molar-refractivity contribution is -0.0143. The van der Waals surface area contributed by atoms with Gasteiger partial charge in [0.2, 0.25) is 0 Å². The van der Waals surface area contributed by atoms with Gasteiger partial charge in [-0.1, -0.05) is 24.6 Å². The molecule has 6 nitrogen and oxygen atoms in total. The van der Waals surface area contributed by atoms with E-state index in [2.05, 4.69) is 5.10 Å². The van der Waals surface area contributed by atoms with Gasteiger partial charge in [0.1, 0.15) is 18.0 Å². The van der Waals surface area contributed by atoms with Crippen LogP contribution in [0.3, 0.4) is 0 Å². The van der Waals surface area contributed by atoms with Gasteiger partial charge in [0.25, 0.3) is 5.91 Å². The SMILES string of the molecule is CN(C(=O)c1cnn(C)c1)[C@@H]1CCCC[C@@H](Oc2ccccc2)[C@@H]1O. The average molecular weight is 343 g/mol. The second-order valence-corrected chi connectivity index (χ2v) is 6.63. The number of aliphatic hydroxyl groups is 1. The molecule has 3 atom stereocenters. The van der Waals surface area contributed by atoms with E-state index in [4.69, 9.17) is 4.74 Å². The van der Waals surface area contributed by atoms with Gasteiger partial charge in [0.15, 0.2) is 0 Å². The van der Waals surface area contributed by atoms with Crippen LogP contribution < -0.4 is 4.74 Å². The van der Waals surface area contributed by atoms with Crippen LogP contribution in [-0.4, -0.2) is 51.0 Å². The van der Waals surface area contributed by atoms with Crippen LogP contribution in [0, 0.1) is 0 Å². The van der Waals surface area contributed by atoms with E-state index < -0.39 is 6.10 Å². The van der Waals surface area contributed by atoms with Crippen molar-refractivity contribution in [3.8, 4) is 5.75 Å². The number of amides is 1. The van der Waals surface area contributed by atoms with Crippen molar-refractivity contribution in [2.45, 2.75) is 43.9 Å². The molecule has 1 fully saturated rings. The Bertz CT molecular complexity index is 701. The number of carbonyl (C=O) groups is 1. The lowest BCUT2D eigenvalue weighted by atomic mass is 10.0. The van der Waals surface area contributed by atoms with E-state index in [0.717, 1.165) is 31.4 Å². The zero-order chi connectivity index (χ0) is 17.8. The van der Waals surface area contributed by atoms with E-state index in [1.807, 2.05) is 30.3 Å². The normalized spacial score (nSPS) is 23.7. The maximum Gasteiger partial charge on any atom is 0.257 e. The summed E-state index contributed by atoms with van der Waals surface area (Å²) in [5.41, 5.74) is 0.530. The fourth-order valence-electron chi connectivity index (χ4n) is 3.40. The van der Waals surface area contributed by atoms with Gasteiger partial charge in [-0.15, -0.1) is 0 Å². The van der Waals surface area contributed by atoms with Crippen LogP contribution in [0.5, 0.6) is 5.75 Å². The summed E-state index contributed by atoms with van der Waals surface area (Å²) in [6.07, 6.45) is 5.67. The highest BCUT2D eigenvalue weighted by atomic mass is 16.5. The first-order valence-corrected chi connectivity index (χ1v) is 8.72. The Morgan fingerprint density at radius 3 is 2.68 bits per heavy atom. The topological polar surface area (TPSA) is 67.6 Å². The molecule has 0 radical (unpaired) electrons. The predicted molar refractivity (Wildman–Crippen MR) is 94.4 cm³/mol. The van der Waals surface area contributed by atoms with Crippen molar-refractivity contribution in [1.82, 2.24) is 14.7 Å². The summed E-state index contributed by atoms with van der Waals surface area (Å²) in [6.45, 7) is 0. The van der Waals surface area contributed by atoms with Crippen molar-refractivity contribution < 1.29 is 14.6 Å². The van der Waals surface area contributed by atoms with Crippen molar-refractivity contribution in [2.24, 2.45) is 7.05 Å². The minimum absolute atomic E-state index is 0.127. The van der Waals surface area contributed by atoms with E-state index in [9.17, 15) is 9.90 Å². The van der Waals surface area contributed by atoms with Crippen molar-refractivity contribution in [3.63, 3.8) is 0 Å². The van der Waals surface area contributed by atoms with E-state index in [1.165, 1.54) is 0 Å². The molecule has 2 aromatic rings. The summed E-state index contributed by atoms with van der Waals surface area (Å²) < 4.78 is 7.62. The van der Waals surface area contributed by atoms with Crippen LogP contribution in [0.15, 0.2) is 42.7 Å². The Labute approximate surface area is 148 Å². The molecule has 0 aliphatic heterocycles. The number of aryl methyl sites for hydroxylation is 1. The van der Waals surface area contributed by atoms with Crippen molar-refractivity contribution in [2.75, 3.05) is 7.05 Å². The van der Waals surface area contributed by atoms with Gasteiger partial charge in [-0.3, -0.25) is 9.48 Å². The van der Waals surface area contributed by atoms with Gasteiger partial charge < -0.3 is 14.7 Å². The third-order valence-corrected chi connectivity index (χ3v) is 4.81. The van der Waals surface area contributed by atoms with Crippen LogP contribution >= 0.6 is 0 Å². The van der Waals surface area contributed by atoms with Gasteiger partial charge in [0.05, 0.1) is 17.8 Å². The highest BCUT2D eigenvalue weighted by molar-refractivity contribution is 5.93. The molecule has 25 heavy (non-hydrogen) atoms. The first-order valence-electron chi connectivity index (χ1n) is 8.72. The highest BCUT2D eigenvalue weighted by Gasteiger charge is 2.36. The number of nitrogens with zero attached hydrogens (tertiary/aromatic N) is 3. The second-order valence-electron chi connectivity index (χ2n) is 6.63. The Balaban J connectivity index is 1.74. The minimum Gasteiger partial charge on any atom is -0.488 e. The molecular formula is C19H25N3O3. The Kier molecular flexibility index (Phi) is 5.38. The molecule has 1 amide bonds. The monoisotopic (exact) mass is 343 g/mol. The van der Waals surface area contributed by atoms with E-state index >= 15 is 0 Å². The zero-order valence-corrected chi connectivity index (χ0v) is 14.7. The summed E-state index contributed by atoms with van der Waals surface area (Å²) in [5.74, 6) is 0.617. The van der Waals surface area contributed by atoms with Gasteiger partial charge in [-0.25, -0.2) is 0 Å². The molecule has 134 valence electrons. The predicted octanol–water partition coefficient (Wildman–Crippen LogP) is 2.24. The summed E-state index contributed by atoms with van der Waals surface area (Å²) in [7, 11) is 3.52. The molecule has 1 aliphatic rings. The van der Waals surface area contributed by atoms with Crippen LogP contribution in [0.1, 0.15) is 36.0 Å². The molecule has 3 rings (SSSR count). The van der Waals surface area contributed by atoms with E-state index in [0.29, 0.717) is 5.56 Å². The number of aliphatic hydroxyl groups excluding tert-OH is 1. The molecule has 0 spiro atoms. The quantitative estimate of drug-likeness (QED) is 0.865. The number of ether oxygens (including phenoxy) is 1. The average Bonchev–Trinajstić information content (AvgIpc) is 2.98. The molecule has 0 saturated heterocycles. The van der Waals surface area contributed by atoms with Gasteiger partial charge in [-0.05, 0) is 31.4 Å². The molecule has 0 bridgehead atoms. The lowest BCUT2D eigenvalue weighted by Gasteiger charge is -2.34. The van der Waals surface area contributed by atoms with Gasteiger partial charge >= 0.3 is 0 Å². The largest absolute Gasteiger partial charge is 0.488 e. The molecule has 1 aromatic carbocycles. The molecule has 1 heterocycles. The number of carbonyl (C=O) groups excluding carboxylic acids is 1. The third kappa shape index (κ3) is 4.02. The van der Waals surface area contributed by atoms with Crippen molar-refractivity contribution >= 4 is 5.91 Å². The van der Waals surface area contributed by atoms with Crippen LogP contribution in [0.4, 0.5) is 0 Å². The Morgan fingerprint density at radius 2 is 2.00 bits per heavy atom. The highest BCUT2D eigenvalue weighted by Crippen LogP contribution is 2.26.